The van der Waals surface area contributed by atoms with Gasteiger partial charge in [-0.15, -0.1) is 0 Å². The second kappa shape index (κ2) is 7.23. The molecule has 1 saturated heterocycles. The number of carbonyl (C=O) groups excluding carboxylic acids is 3. The molecule has 0 radical (unpaired) electrons. The Balaban J connectivity index is 1.46. The first-order valence-corrected chi connectivity index (χ1v) is 9.17. The molecule has 4 rings (SSSR count). The predicted molar refractivity (Wildman–Crippen MR) is 99.4 cm³/mol. The molecule has 2 aliphatic rings. The van der Waals surface area contributed by atoms with E-state index >= 15 is 0 Å². The minimum absolute atomic E-state index is 0.0325. The highest BCUT2D eigenvalue weighted by molar-refractivity contribution is 6.03. The van der Waals surface area contributed by atoms with Gasteiger partial charge in [0.2, 0.25) is 5.91 Å². The Bertz CT molecular complexity index is 881. The normalized spacial score (nSPS) is 19.2. The van der Waals surface area contributed by atoms with E-state index in [9.17, 15) is 14.4 Å². The summed E-state index contributed by atoms with van der Waals surface area (Å²) in [6.07, 6.45) is 2.58. The van der Waals surface area contributed by atoms with Crippen LogP contribution in [0.1, 0.15) is 35.4 Å². The Kier molecular flexibility index (Phi) is 4.62. The number of imide groups is 1. The summed E-state index contributed by atoms with van der Waals surface area (Å²) in [7, 11) is 0. The van der Waals surface area contributed by atoms with Crippen LogP contribution in [0.15, 0.2) is 54.6 Å². The van der Waals surface area contributed by atoms with E-state index in [-0.39, 0.29) is 18.4 Å². The summed E-state index contributed by atoms with van der Waals surface area (Å²) in [4.78, 5) is 39.1. The number of rotatable bonds is 4. The van der Waals surface area contributed by atoms with Crippen LogP contribution >= 0.6 is 0 Å². The fourth-order valence-corrected chi connectivity index (χ4v) is 3.80. The molecule has 1 aliphatic carbocycles. The zero-order valence-corrected chi connectivity index (χ0v) is 14.9. The summed E-state index contributed by atoms with van der Waals surface area (Å²) < 4.78 is 0. The van der Waals surface area contributed by atoms with Crippen molar-refractivity contribution < 1.29 is 14.4 Å². The number of urea groups is 1. The number of benzene rings is 2. The van der Waals surface area contributed by atoms with E-state index in [2.05, 4.69) is 5.43 Å². The van der Waals surface area contributed by atoms with Gasteiger partial charge < -0.3 is 4.90 Å². The molecule has 1 fully saturated rings. The van der Waals surface area contributed by atoms with Crippen LogP contribution in [-0.2, 0) is 22.6 Å². The van der Waals surface area contributed by atoms with Gasteiger partial charge in [0.1, 0.15) is 6.54 Å². The lowest BCUT2D eigenvalue weighted by Gasteiger charge is -2.26. The van der Waals surface area contributed by atoms with E-state index in [1.807, 2.05) is 54.6 Å². The lowest BCUT2D eigenvalue weighted by molar-refractivity contribution is -0.136. The highest BCUT2D eigenvalue weighted by atomic mass is 16.2. The SMILES string of the molecule is O=C(NN1C(=O)CN(Cc2ccccc2)C1=O)C1CCCc2ccccc21. The number of aryl methyl sites for hydroxylation is 1. The molecule has 2 aromatic rings. The highest BCUT2D eigenvalue weighted by Crippen LogP contribution is 2.31. The Hall–Kier alpha value is -3.15. The lowest BCUT2D eigenvalue weighted by atomic mass is 9.82. The van der Waals surface area contributed by atoms with Crippen molar-refractivity contribution in [2.75, 3.05) is 6.54 Å². The number of carbonyl (C=O) groups is 3. The van der Waals surface area contributed by atoms with Crippen molar-refractivity contribution in [1.82, 2.24) is 15.3 Å². The number of fused-ring (bicyclic) bond motifs is 1. The maximum absolute atomic E-state index is 12.8. The third-order valence-electron chi connectivity index (χ3n) is 5.16. The van der Waals surface area contributed by atoms with E-state index in [4.69, 9.17) is 0 Å². The van der Waals surface area contributed by atoms with Crippen molar-refractivity contribution in [1.29, 1.82) is 0 Å². The van der Waals surface area contributed by atoms with Crippen LogP contribution in [0.25, 0.3) is 0 Å². The molecule has 0 aromatic heterocycles. The molecule has 138 valence electrons. The van der Waals surface area contributed by atoms with Crippen molar-refractivity contribution >= 4 is 17.8 Å². The molecule has 0 bridgehead atoms. The number of amides is 4. The summed E-state index contributed by atoms with van der Waals surface area (Å²) in [5.41, 5.74) is 5.64. The fraction of sp³-hybridized carbons (Fsp3) is 0.286. The molecule has 6 heteroatoms. The third kappa shape index (κ3) is 3.43. The molecule has 1 N–H and O–H groups in total. The minimum Gasteiger partial charge on any atom is -0.309 e. The zero-order chi connectivity index (χ0) is 18.8. The van der Waals surface area contributed by atoms with E-state index in [1.54, 1.807) is 0 Å². The van der Waals surface area contributed by atoms with Crippen molar-refractivity contribution in [3.63, 3.8) is 0 Å². The van der Waals surface area contributed by atoms with Gasteiger partial charge in [-0.1, -0.05) is 54.6 Å². The molecule has 1 atom stereocenters. The molecule has 4 amide bonds. The van der Waals surface area contributed by atoms with Crippen LogP contribution in [0.5, 0.6) is 0 Å². The molecule has 1 heterocycles. The van der Waals surface area contributed by atoms with Crippen molar-refractivity contribution in [2.24, 2.45) is 0 Å². The van der Waals surface area contributed by atoms with Gasteiger partial charge >= 0.3 is 6.03 Å². The molecule has 6 nitrogen and oxygen atoms in total. The van der Waals surface area contributed by atoms with Gasteiger partial charge in [-0.25, -0.2) is 4.79 Å². The highest BCUT2D eigenvalue weighted by Gasteiger charge is 2.39. The second-order valence-corrected chi connectivity index (χ2v) is 6.97. The third-order valence-corrected chi connectivity index (χ3v) is 5.16. The van der Waals surface area contributed by atoms with Gasteiger partial charge in [0, 0.05) is 6.54 Å². The summed E-state index contributed by atoms with van der Waals surface area (Å²) in [5, 5.41) is 0.864. The predicted octanol–water partition coefficient (Wildman–Crippen LogP) is 2.60. The standard InChI is InChI=1S/C21H21N3O3/c25-19-14-23(13-15-7-2-1-3-8-15)21(27)24(19)22-20(26)18-12-6-10-16-9-4-5-11-17(16)18/h1-5,7-9,11,18H,6,10,12-14H2,(H,22,26). The quantitative estimate of drug-likeness (QED) is 0.849. The molecule has 0 spiro atoms. The summed E-state index contributed by atoms with van der Waals surface area (Å²) in [5.74, 6) is -1.04. The van der Waals surface area contributed by atoms with Crippen molar-refractivity contribution in [3.8, 4) is 0 Å². The topological polar surface area (TPSA) is 69.7 Å². The van der Waals surface area contributed by atoms with Crippen LogP contribution in [0.3, 0.4) is 0 Å². The average Bonchev–Trinajstić information content (AvgIpc) is 2.95. The van der Waals surface area contributed by atoms with Crippen LogP contribution < -0.4 is 5.43 Å². The van der Waals surface area contributed by atoms with Gasteiger partial charge in [-0.05, 0) is 36.0 Å². The molecule has 0 saturated carbocycles. The Morgan fingerprint density at radius 2 is 1.78 bits per heavy atom. The molecule has 1 aliphatic heterocycles. The largest absolute Gasteiger partial charge is 0.346 e. The van der Waals surface area contributed by atoms with Gasteiger partial charge in [0.05, 0.1) is 5.92 Å². The van der Waals surface area contributed by atoms with Crippen LogP contribution in [-0.4, -0.2) is 34.3 Å². The Morgan fingerprint density at radius 1 is 1.04 bits per heavy atom. The van der Waals surface area contributed by atoms with Crippen LogP contribution in [0, 0.1) is 0 Å². The summed E-state index contributed by atoms with van der Waals surface area (Å²) >= 11 is 0. The molecular formula is C21H21N3O3. The number of hydrogen-bond acceptors (Lipinski definition) is 3. The lowest BCUT2D eigenvalue weighted by Crippen LogP contribution is -2.48. The smallest absolute Gasteiger partial charge is 0.309 e. The first-order valence-electron chi connectivity index (χ1n) is 9.17. The van der Waals surface area contributed by atoms with Crippen molar-refractivity contribution in [2.45, 2.75) is 31.7 Å². The molecule has 27 heavy (non-hydrogen) atoms. The van der Waals surface area contributed by atoms with Crippen LogP contribution in [0.2, 0.25) is 0 Å². The number of nitrogens with zero attached hydrogens (tertiary/aromatic N) is 2. The van der Waals surface area contributed by atoms with Gasteiger partial charge in [0.15, 0.2) is 0 Å². The first kappa shape index (κ1) is 17.3. The Morgan fingerprint density at radius 3 is 2.59 bits per heavy atom. The van der Waals surface area contributed by atoms with E-state index in [0.29, 0.717) is 13.0 Å². The molecule has 1 unspecified atom stereocenters. The second-order valence-electron chi connectivity index (χ2n) is 6.97. The van der Waals surface area contributed by atoms with Gasteiger partial charge in [-0.3, -0.25) is 15.0 Å². The molecule has 2 aromatic carbocycles. The molecular weight excluding hydrogens is 342 g/mol. The average molecular weight is 363 g/mol. The Labute approximate surface area is 157 Å². The van der Waals surface area contributed by atoms with E-state index < -0.39 is 11.9 Å². The number of nitrogens with one attached hydrogen (secondary N) is 1. The fourth-order valence-electron chi connectivity index (χ4n) is 3.80. The van der Waals surface area contributed by atoms with E-state index in [0.717, 1.165) is 34.5 Å². The minimum atomic E-state index is -0.485. The first-order chi connectivity index (χ1) is 13.1. The number of hydrazine groups is 1. The summed E-state index contributed by atoms with van der Waals surface area (Å²) in [6, 6.07) is 16.9. The van der Waals surface area contributed by atoms with Crippen LogP contribution in [0.4, 0.5) is 4.79 Å². The maximum atomic E-state index is 12.8. The zero-order valence-electron chi connectivity index (χ0n) is 14.9. The maximum Gasteiger partial charge on any atom is 0.346 e. The number of hydrogen-bond donors (Lipinski definition) is 1. The van der Waals surface area contributed by atoms with Gasteiger partial charge in [0.25, 0.3) is 5.91 Å². The van der Waals surface area contributed by atoms with Gasteiger partial charge in [-0.2, -0.15) is 5.01 Å². The monoisotopic (exact) mass is 363 g/mol. The summed E-state index contributed by atoms with van der Waals surface area (Å²) in [6.45, 7) is 0.305. The van der Waals surface area contributed by atoms with E-state index in [1.165, 1.54) is 4.90 Å². The van der Waals surface area contributed by atoms with Crippen molar-refractivity contribution in [3.05, 3.63) is 71.3 Å².